The van der Waals surface area contributed by atoms with E-state index < -0.39 is 0 Å². The van der Waals surface area contributed by atoms with Crippen molar-refractivity contribution in [2.45, 2.75) is 0 Å². The number of hydrogen-bond acceptors (Lipinski definition) is 1. The molecule has 320 valence electrons. The summed E-state index contributed by atoms with van der Waals surface area (Å²) >= 11 is 0. The van der Waals surface area contributed by atoms with Crippen LogP contribution in [0.25, 0.3) is 94.3 Å². The van der Waals surface area contributed by atoms with Gasteiger partial charge in [-0.2, -0.15) is 0 Å². The number of aromatic nitrogens is 1. The first kappa shape index (κ1) is 40.5. The number of para-hydroxylation sites is 3. The fourth-order valence-electron chi connectivity index (χ4n) is 9.96. The van der Waals surface area contributed by atoms with Crippen LogP contribution in [0.4, 0.5) is 17.1 Å². The zero-order chi connectivity index (χ0) is 45.2. The van der Waals surface area contributed by atoms with Crippen molar-refractivity contribution < 1.29 is 0 Å². The molecule has 2 heteroatoms. The molecule has 0 unspecified atom stereocenters. The molecule has 11 aromatic carbocycles. The van der Waals surface area contributed by atoms with Crippen molar-refractivity contribution in [1.82, 2.24) is 4.57 Å². The molecule has 68 heavy (non-hydrogen) atoms. The van der Waals surface area contributed by atoms with Gasteiger partial charge in [-0.3, -0.25) is 0 Å². The van der Waals surface area contributed by atoms with Crippen molar-refractivity contribution in [2.24, 2.45) is 0 Å². The molecule has 0 aliphatic carbocycles. The summed E-state index contributed by atoms with van der Waals surface area (Å²) in [5, 5.41) is 2.50. The standard InChI is InChI=1S/C66H46N2/c1-4-18-47(19-5-1)49-32-34-50(35-33-49)51-36-39-54(40-37-51)67(55-41-43-56(44-42-55)68-65-30-16-12-26-60(65)61-27-13-17-31-66(61)68)64-29-15-14-28-62(64)63-46-53(48-20-6-2-7-21-48)38-45-59(63)58-25-11-10-24-57(58)52-22-8-3-9-23-52/h1-46H. The van der Waals surface area contributed by atoms with Crippen LogP contribution in [0.2, 0.25) is 0 Å². The Hall–Kier alpha value is -8.98. The van der Waals surface area contributed by atoms with E-state index in [9.17, 15) is 0 Å². The molecular weight excluding hydrogens is 821 g/mol. The summed E-state index contributed by atoms with van der Waals surface area (Å²) in [4.78, 5) is 2.43. The third-order valence-electron chi connectivity index (χ3n) is 13.3. The monoisotopic (exact) mass is 866 g/mol. The molecular formula is C66H46N2. The van der Waals surface area contributed by atoms with Gasteiger partial charge in [-0.15, -0.1) is 0 Å². The summed E-state index contributed by atoms with van der Waals surface area (Å²) in [6.07, 6.45) is 0. The van der Waals surface area contributed by atoms with E-state index in [-0.39, 0.29) is 0 Å². The van der Waals surface area contributed by atoms with E-state index in [1.165, 1.54) is 77.4 Å². The van der Waals surface area contributed by atoms with E-state index >= 15 is 0 Å². The van der Waals surface area contributed by atoms with E-state index in [1.807, 2.05) is 0 Å². The summed E-state index contributed by atoms with van der Waals surface area (Å²) < 4.78 is 2.39. The molecule has 0 saturated carbocycles. The number of benzene rings is 11. The van der Waals surface area contributed by atoms with Crippen molar-refractivity contribution >= 4 is 38.9 Å². The topological polar surface area (TPSA) is 8.17 Å². The number of fused-ring (bicyclic) bond motifs is 3. The van der Waals surface area contributed by atoms with Crippen LogP contribution >= 0.6 is 0 Å². The van der Waals surface area contributed by atoms with E-state index in [2.05, 4.69) is 289 Å². The van der Waals surface area contributed by atoms with Crippen LogP contribution < -0.4 is 4.90 Å². The fraction of sp³-hybridized carbons (Fsp3) is 0. The molecule has 0 N–H and O–H groups in total. The predicted octanol–water partition coefficient (Wildman–Crippen LogP) is 18.3. The van der Waals surface area contributed by atoms with Crippen LogP contribution in [0.3, 0.4) is 0 Å². The van der Waals surface area contributed by atoms with Gasteiger partial charge in [0.1, 0.15) is 0 Å². The zero-order valence-electron chi connectivity index (χ0n) is 37.5. The molecule has 0 spiro atoms. The highest BCUT2D eigenvalue weighted by Gasteiger charge is 2.22. The lowest BCUT2D eigenvalue weighted by Gasteiger charge is -2.29. The van der Waals surface area contributed by atoms with Crippen molar-refractivity contribution in [3.63, 3.8) is 0 Å². The Balaban J connectivity index is 1.03. The van der Waals surface area contributed by atoms with Crippen molar-refractivity contribution in [3.05, 3.63) is 279 Å². The van der Waals surface area contributed by atoms with Gasteiger partial charge in [-0.25, -0.2) is 0 Å². The summed E-state index contributed by atoms with van der Waals surface area (Å²) in [6, 6.07) is 101. The lowest BCUT2D eigenvalue weighted by molar-refractivity contribution is 1.17. The third-order valence-corrected chi connectivity index (χ3v) is 13.3. The fourth-order valence-corrected chi connectivity index (χ4v) is 9.96. The Morgan fingerprint density at radius 2 is 0.618 bits per heavy atom. The Kier molecular flexibility index (Phi) is 10.6. The Bertz CT molecular complexity index is 3630. The maximum atomic E-state index is 2.43. The van der Waals surface area contributed by atoms with E-state index in [4.69, 9.17) is 0 Å². The first-order valence-electron chi connectivity index (χ1n) is 23.3. The maximum Gasteiger partial charge on any atom is 0.0541 e. The van der Waals surface area contributed by atoms with Crippen molar-refractivity contribution in [2.75, 3.05) is 4.90 Å². The van der Waals surface area contributed by atoms with Crippen LogP contribution in [0.1, 0.15) is 0 Å². The smallest absolute Gasteiger partial charge is 0.0541 e. The molecule has 0 aliphatic rings. The van der Waals surface area contributed by atoms with E-state index in [0.717, 1.165) is 33.9 Å². The molecule has 0 saturated heterocycles. The van der Waals surface area contributed by atoms with Crippen LogP contribution in [0.15, 0.2) is 279 Å². The molecule has 0 radical (unpaired) electrons. The van der Waals surface area contributed by atoms with Gasteiger partial charge < -0.3 is 9.47 Å². The maximum absolute atomic E-state index is 2.43. The van der Waals surface area contributed by atoms with Gasteiger partial charge in [0.2, 0.25) is 0 Å². The lowest BCUT2D eigenvalue weighted by Crippen LogP contribution is -2.11. The number of hydrogen-bond donors (Lipinski definition) is 0. The molecule has 2 nitrogen and oxygen atoms in total. The summed E-state index contributed by atoms with van der Waals surface area (Å²) in [7, 11) is 0. The minimum atomic E-state index is 1.06. The quantitative estimate of drug-likeness (QED) is 0.133. The van der Waals surface area contributed by atoms with E-state index in [0.29, 0.717) is 0 Å². The second-order valence-corrected chi connectivity index (χ2v) is 17.3. The lowest BCUT2D eigenvalue weighted by atomic mass is 9.86. The minimum Gasteiger partial charge on any atom is -0.310 e. The SMILES string of the molecule is c1ccc(-c2ccc(-c3ccc(N(c4ccc(-n5c6ccccc6c6ccccc65)cc4)c4ccccc4-c4cc(-c5ccccc5)ccc4-c4ccccc4-c4ccccc4)cc3)cc2)cc1. The Morgan fingerprint density at radius 1 is 0.235 bits per heavy atom. The molecule has 0 amide bonds. The molecule has 12 aromatic rings. The zero-order valence-corrected chi connectivity index (χ0v) is 37.5. The van der Waals surface area contributed by atoms with Crippen LogP contribution in [-0.4, -0.2) is 4.57 Å². The van der Waals surface area contributed by atoms with Gasteiger partial charge in [0.15, 0.2) is 0 Å². The van der Waals surface area contributed by atoms with Gasteiger partial charge >= 0.3 is 0 Å². The second kappa shape index (κ2) is 17.8. The average molecular weight is 867 g/mol. The highest BCUT2D eigenvalue weighted by atomic mass is 15.1. The number of rotatable bonds is 10. The van der Waals surface area contributed by atoms with Gasteiger partial charge in [0.25, 0.3) is 0 Å². The summed E-state index contributed by atoms with van der Waals surface area (Å²) in [5.41, 5.74) is 20.9. The summed E-state index contributed by atoms with van der Waals surface area (Å²) in [6.45, 7) is 0. The van der Waals surface area contributed by atoms with Gasteiger partial charge in [-0.1, -0.05) is 218 Å². The highest BCUT2D eigenvalue weighted by molar-refractivity contribution is 6.09. The molecule has 12 rings (SSSR count). The molecule has 0 atom stereocenters. The van der Waals surface area contributed by atoms with Gasteiger partial charge in [0.05, 0.1) is 16.7 Å². The normalized spacial score (nSPS) is 11.2. The highest BCUT2D eigenvalue weighted by Crippen LogP contribution is 2.47. The second-order valence-electron chi connectivity index (χ2n) is 17.3. The predicted molar refractivity (Wildman–Crippen MR) is 288 cm³/mol. The molecule has 0 fully saturated rings. The van der Waals surface area contributed by atoms with Crippen molar-refractivity contribution in [3.8, 4) is 72.4 Å². The van der Waals surface area contributed by atoms with Gasteiger partial charge in [-0.05, 0) is 122 Å². The average Bonchev–Trinajstić information content (AvgIpc) is 3.76. The third kappa shape index (κ3) is 7.54. The molecule has 1 heterocycles. The first-order valence-corrected chi connectivity index (χ1v) is 23.3. The van der Waals surface area contributed by atoms with E-state index in [1.54, 1.807) is 0 Å². The molecule has 1 aromatic heterocycles. The number of anilines is 3. The minimum absolute atomic E-state index is 1.06. The van der Waals surface area contributed by atoms with Gasteiger partial charge in [0, 0.05) is 33.4 Å². The van der Waals surface area contributed by atoms with Crippen molar-refractivity contribution in [1.29, 1.82) is 0 Å². The first-order chi connectivity index (χ1) is 33.7. The summed E-state index contributed by atoms with van der Waals surface area (Å²) in [5.74, 6) is 0. The van der Waals surface area contributed by atoms with Crippen LogP contribution in [0.5, 0.6) is 0 Å². The van der Waals surface area contributed by atoms with Crippen LogP contribution in [0, 0.1) is 0 Å². The van der Waals surface area contributed by atoms with Crippen LogP contribution in [-0.2, 0) is 0 Å². The number of nitrogens with zero attached hydrogens (tertiary/aromatic N) is 2. The molecule has 0 aliphatic heterocycles. The Labute approximate surface area is 397 Å². The molecule has 0 bridgehead atoms. The largest absolute Gasteiger partial charge is 0.310 e. The Morgan fingerprint density at radius 3 is 1.19 bits per heavy atom.